The minimum Gasteiger partial charge on any atom is -0.248 e. The third kappa shape index (κ3) is 2.67. The third-order valence-corrected chi connectivity index (χ3v) is 3.15. The second kappa shape index (κ2) is 4.88. The molecule has 1 heterocycles. The lowest BCUT2D eigenvalue weighted by molar-refractivity contribution is 0.645. The van der Waals surface area contributed by atoms with Gasteiger partial charge in [0.05, 0.1) is 18.1 Å². The van der Waals surface area contributed by atoms with E-state index in [1.54, 1.807) is 0 Å². The lowest BCUT2D eigenvalue weighted by atomic mass is 10.0. The van der Waals surface area contributed by atoms with E-state index in [0.717, 1.165) is 12.2 Å². The van der Waals surface area contributed by atoms with Gasteiger partial charge in [0.1, 0.15) is 5.69 Å². The van der Waals surface area contributed by atoms with Crippen molar-refractivity contribution in [3.05, 3.63) is 46.8 Å². The summed E-state index contributed by atoms with van der Waals surface area (Å²) in [5.74, 6) is 0. The van der Waals surface area contributed by atoms with E-state index in [1.165, 1.54) is 16.7 Å². The molecule has 0 N–H and O–H groups in total. The lowest BCUT2D eigenvalue weighted by Gasteiger charge is -2.08. The first-order valence-corrected chi connectivity index (χ1v) is 6.10. The Morgan fingerprint density at radius 2 is 1.94 bits per heavy atom. The normalized spacial score (nSPS) is 12.7. The number of halogens is 1. The largest absolute Gasteiger partial charge is 0.248 e. The monoisotopic (exact) mass is 249 g/mol. The van der Waals surface area contributed by atoms with Gasteiger partial charge in [0, 0.05) is 0 Å². The molecule has 4 heteroatoms. The number of alkyl halides is 1. The average Bonchev–Trinajstić information content (AvgIpc) is 2.72. The van der Waals surface area contributed by atoms with Crippen molar-refractivity contribution < 1.29 is 0 Å². The molecule has 2 aromatic rings. The first-order chi connectivity index (χ1) is 8.08. The van der Waals surface area contributed by atoms with E-state index in [4.69, 9.17) is 11.6 Å². The van der Waals surface area contributed by atoms with Crippen molar-refractivity contribution in [1.82, 2.24) is 15.0 Å². The van der Waals surface area contributed by atoms with Crippen LogP contribution in [-0.2, 0) is 6.54 Å². The molecule has 1 aromatic heterocycles. The quantitative estimate of drug-likeness (QED) is 0.782. The zero-order valence-electron chi connectivity index (χ0n) is 10.3. The van der Waals surface area contributed by atoms with Crippen LogP contribution in [0.15, 0.2) is 24.4 Å². The van der Waals surface area contributed by atoms with Gasteiger partial charge in [0.25, 0.3) is 0 Å². The summed E-state index contributed by atoms with van der Waals surface area (Å²) >= 11 is 5.97. The van der Waals surface area contributed by atoms with Gasteiger partial charge < -0.3 is 0 Å². The van der Waals surface area contributed by atoms with Crippen molar-refractivity contribution in [1.29, 1.82) is 0 Å². The van der Waals surface area contributed by atoms with E-state index < -0.39 is 0 Å². The summed E-state index contributed by atoms with van der Waals surface area (Å²) in [6.45, 7) is 6.87. The fourth-order valence-electron chi connectivity index (χ4n) is 1.83. The maximum absolute atomic E-state index is 5.97. The van der Waals surface area contributed by atoms with Crippen molar-refractivity contribution in [2.45, 2.75) is 32.7 Å². The van der Waals surface area contributed by atoms with Crippen molar-refractivity contribution in [3.63, 3.8) is 0 Å². The minimum atomic E-state index is -0.0956. The molecule has 0 bridgehead atoms. The van der Waals surface area contributed by atoms with Crippen molar-refractivity contribution >= 4 is 11.6 Å². The second-order valence-corrected chi connectivity index (χ2v) is 4.98. The number of aromatic nitrogens is 3. The molecule has 0 aliphatic rings. The molecule has 0 amide bonds. The summed E-state index contributed by atoms with van der Waals surface area (Å²) in [6, 6.07) is 6.30. The Bertz CT molecular complexity index is 497. The molecule has 90 valence electrons. The summed E-state index contributed by atoms with van der Waals surface area (Å²) in [7, 11) is 0. The Balaban J connectivity index is 2.25. The van der Waals surface area contributed by atoms with Gasteiger partial charge in [-0.3, -0.25) is 0 Å². The topological polar surface area (TPSA) is 30.7 Å². The summed E-state index contributed by atoms with van der Waals surface area (Å²) < 4.78 is 1.84. The second-order valence-electron chi connectivity index (χ2n) is 4.33. The highest BCUT2D eigenvalue weighted by Gasteiger charge is 2.08. The molecule has 3 nitrogen and oxygen atoms in total. The zero-order chi connectivity index (χ0) is 12.4. The Morgan fingerprint density at radius 1 is 1.29 bits per heavy atom. The highest BCUT2D eigenvalue weighted by molar-refractivity contribution is 6.20. The van der Waals surface area contributed by atoms with Gasteiger partial charge in [-0.05, 0) is 37.5 Å². The van der Waals surface area contributed by atoms with Gasteiger partial charge in [-0.1, -0.05) is 23.4 Å². The molecule has 0 aliphatic heterocycles. The van der Waals surface area contributed by atoms with Crippen LogP contribution in [0.3, 0.4) is 0 Å². The Morgan fingerprint density at radius 3 is 2.47 bits per heavy atom. The summed E-state index contributed by atoms with van der Waals surface area (Å²) in [5, 5.41) is 8.05. The molecule has 2 rings (SSSR count). The van der Waals surface area contributed by atoms with Gasteiger partial charge in [0.15, 0.2) is 0 Å². The molecule has 1 atom stereocenters. The molecular weight excluding hydrogens is 234 g/mol. The van der Waals surface area contributed by atoms with Crippen LogP contribution in [0.1, 0.15) is 34.7 Å². The van der Waals surface area contributed by atoms with Gasteiger partial charge >= 0.3 is 0 Å². The van der Waals surface area contributed by atoms with Crippen LogP contribution in [0.25, 0.3) is 0 Å². The maximum Gasteiger partial charge on any atom is 0.100 e. The highest BCUT2D eigenvalue weighted by atomic mass is 35.5. The molecule has 0 radical (unpaired) electrons. The SMILES string of the molecule is Cc1cccc(C)c1Cn1cc(C(C)Cl)nn1. The van der Waals surface area contributed by atoms with Crippen LogP contribution in [-0.4, -0.2) is 15.0 Å². The summed E-state index contributed by atoms with van der Waals surface area (Å²) in [6.07, 6.45) is 1.91. The predicted octanol–water partition coefficient (Wildman–Crippen LogP) is 3.24. The van der Waals surface area contributed by atoms with E-state index >= 15 is 0 Å². The standard InChI is InChI=1S/C13H16ClN3/c1-9-5-4-6-10(2)12(9)7-17-8-13(11(3)14)15-16-17/h4-6,8,11H,7H2,1-3H3. The number of nitrogens with zero attached hydrogens (tertiary/aromatic N) is 3. The van der Waals surface area contributed by atoms with E-state index in [1.807, 2.05) is 17.8 Å². The van der Waals surface area contributed by atoms with Crippen LogP contribution in [0, 0.1) is 13.8 Å². The van der Waals surface area contributed by atoms with Crippen LogP contribution < -0.4 is 0 Å². The van der Waals surface area contributed by atoms with Gasteiger partial charge in [-0.2, -0.15) is 0 Å². The van der Waals surface area contributed by atoms with Crippen LogP contribution >= 0.6 is 11.6 Å². The number of rotatable bonds is 3. The van der Waals surface area contributed by atoms with Gasteiger partial charge in [-0.15, -0.1) is 16.7 Å². The van der Waals surface area contributed by atoms with E-state index in [0.29, 0.717) is 0 Å². The van der Waals surface area contributed by atoms with Crippen LogP contribution in [0.5, 0.6) is 0 Å². The molecule has 0 aliphatic carbocycles. The first kappa shape index (κ1) is 12.1. The average molecular weight is 250 g/mol. The highest BCUT2D eigenvalue weighted by Crippen LogP contribution is 2.18. The zero-order valence-corrected chi connectivity index (χ0v) is 11.1. The Labute approximate surface area is 106 Å². The van der Waals surface area contributed by atoms with Crippen molar-refractivity contribution in [2.24, 2.45) is 0 Å². The minimum absolute atomic E-state index is 0.0956. The third-order valence-electron chi connectivity index (χ3n) is 2.93. The van der Waals surface area contributed by atoms with Crippen molar-refractivity contribution in [3.8, 4) is 0 Å². The van der Waals surface area contributed by atoms with E-state index in [9.17, 15) is 0 Å². The summed E-state index contributed by atoms with van der Waals surface area (Å²) in [5.41, 5.74) is 4.67. The predicted molar refractivity (Wildman–Crippen MR) is 69.3 cm³/mol. The number of hydrogen-bond acceptors (Lipinski definition) is 2. The Kier molecular flexibility index (Phi) is 3.48. The van der Waals surface area contributed by atoms with Gasteiger partial charge in [0.2, 0.25) is 0 Å². The molecule has 0 fully saturated rings. The lowest BCUT2D eigenvalue weighted by Crippen LogP contribution is -2.04. The van der Waals surface area contributed by atoms with E-state index in [-0.39, 0.29) is 5.38 Å². The van der Waals surface area contributed by atoms with Gasteiger partial charge in [-0.25, -0.2) is 4.68 Å². The molecule has 0 spiro atoms. The smallest absolute Gasteiger partial charge is 0.100 e. The van der Waals surface area contributed by atoms with Crippen molar-refractivity contribution in [2.75, 3.05) is 0 Å². The maximum atomic E-state index is 5.97. The van der Waals surface area contributed by atoms with E-state index in [2.05, 4.69) is 42.4 Å². The molecule has 0 saturated heterocycles. The van der Waals surface area contributed by atoms with Crippen LogP contribution in [0.4, 0.5) is 0 Å². The molecule has 1 unspecified atom stereocenters. The fourth-order valence-corrected chi connectivity index (χ4v) is 1.93. The molecular formula is C13H16ClN3. The Hall–Kier alpha value is -1.35. The molecule has 17 heavy (non-hydrogen) atoms. The first-order valence-electron chi connectivity index (χ1n) is 5.67. The fraction of sp³-hybridized carbons (Fsp3) is 0.385. The number of hydrogen-bond donors (Lipinski definition) is 0. The number of benzene rings is 1. The summed E-state index contributed by atoms with van der Waals surface area (Å²) in [4.78, 5) is 0. The molecule has 0 saturated carbocycles. The number of aryl methyl sites for hydroxylation is 2. The van der Waals surface area contributed by atoms with Crippen LogP contribution in [0.2, 0.25) is 0 Å². The molecule has 1 aromatic carbocycles.